The average molecular weight is 437 g/mol. The summed E-state index contributed by atoms with van der Waals surface area (Å²) in [5.74, 6) is 1.58. The van der Waals surface area contributed by atoms with Gasteiger partial charge in [-0.3, -0.25) is 9.36 Å². The van der Waals surface area contributed by atoms with Crippen molar-refractivity contribution < 1.29 is 9.53 Å². The molecule has 1 aliphatic rings. The summed E-state index contributed by atoms with van der Waals surface area (Å²) in [5, 5.41) is 12.6. The van der Waals surface area contributed by atoms with Crippen LogP contribution in [0.15, 0.2) is 59.8 Å². The van der Waals surface area contributed by atoms with E-state index in [1.165, 1.54) is 18.2 Å². The Labute approximate surface area is 187 Å². The largest absolute Gasteiger partial charge is 0.497 e. The Bertz CT molecular complexity index is 1010. The van der Waals surface area contributed by atoms with Gasteiger partial charge in [0.1, 0.15) is 5.75 Å². The summed E-state index contributed by atoms with van der Waals surface area (Å²) in [7, 11) is 1.65. The van der Waals surface area contributed by atoms with Crippen LogP contribution < -0.4 is 10.1 Å². The molecule has 0 bridgehead atoms. The molecule has 0 atom stereocenters. The lowest BCUT2D eigenvalue weighted by Crippen LogP contribution is -2.45. The van der Waals surface area contributed by atoms with Crippen LogP contribution in [0.5, 0.6) is 5.75 Å². The number of thioether (sulfide) groups is 1. The first-order chi connectivity index (χ1) is 15.2. The number of carbonyl (C=O) groups excluding carboxylic acids is 1. The number of ether oxygens (including phenoxy) is 1. The third-order valence-electron chi connectivity index (χ3n) is 6.09. The second-order valence-corrected chi connectivity index (χ2v) is 8.60. The highest BCUT2D eigenvalue weighted by Gasteiger charge is 2.40. The summed E-state index contributed by atoms with van der Waals surface area (Å²) in [6, 6.07) is 18.0. The highest BCUT2D eigenvalue weighted by molar-refractivity contribution is 7.98. The van der Waals surface area contributed by atoms with Crippen molar-refractivity contribution in [1.29, 1.82) is 0 Å². The van der Waals surface area contributed by atoms with Crippen LogP contribution in [0.4, 0.5) is 0 Å². The molecule has 0 unspecified atom stereocenters. The fraction of sp³-hybridized carbons (Fsp3) is 0.375. The summed E-state index contributed by atoms with van der Waals surface area (Å²) in [6.45, 7) is 0.326. The topological polar surface area (TPSA) is 69.0 Å². The predicted molar refractivity (Wildman–Crippen MR) is 123 cm³/mol. The van der Waals surface area contributed by atoms with E-state index in [0.29, 0.717) is 12.4 Å². The molecule has 1 fully saturated rings. The number of benzene rings is 2. The molecule has 1 amide bonds. The fourth-order valence-electron chi connectivity index (χ4n) is 4.43. The van der Waals surface area contributed by atoms with Crippen LogP contribution in [0, 0.1) is 0 Å². The van der Waals surface area contributed by atoms with Crippen LogP contribution in [0.25, 0.3) is 5.69 Å². The Morgan fingerprint density at radius 3 is 2.42 bits per heavy atom. The number of amides is 1. The minimum absolute atomic E-state index is 0.0772. The number of carbonyl (C=O) groups is 1. The van der Waals surface area contributed by atoms with Gasteiger partial charge in [0.15, 0.2) is 11.0 Å². The number of aromatic nitrogens is 3. The molecule has 4 rings (SSSR count). The molecule has 3 aromatic rings. The van der Waals surface area contributed by atoms with E-state index in [1.807, 2.05) is 53.3 Å². The molecule has 0 saturated heterocycles. The molecule has 1 N–H and O–H groups in total. The SMILES string of the molecule is COc1ccc(-n2c(CNC(=O)C3(c4ccccc4)CCCCC3)nnc2SC)cc1. The lowest BCUT2D eigenvalue weighted by atomic mass is 9.68. The molecule has 0 spiro atoms. The zero-order valence-electron chi connectivity index (χ0n) is 18.0. The third-order valence-corrected chi connectivity index (χ3v) is 6.72. The van der Waals surface area contributed by atoms with Gasteiger partial charge < -0.3 is 10.1 Å². The van der Waals surface area contributed by atoms with Crippen LogP contribution in [0.3, 0.4) is 0 Å². The summed E-state index contributed by atoms with van der Waals surface area (Å²) < 4.78 is 7.26. The van der Waals surface area contributed by atoms with Gasteiger partial charge in [-0.25, -0.2) is 0 Å². The van der Waals surface area contributed by atoms with Crippen molar-refractivity contribution in [2.75, 3.05) is 13.4 Å². The van der Waals surface area contributed by atoms with Gasteiger partial charge in [0, 0.05) is 5.69 Å². The van der Waals surface area contributed by atoms with Gasteiger partial charge in [0.25, 0.3) is 0 Å². The summed E-state index contributed by atoms with van der Waals surface area (Å²) in [5.41, 5.74) is 1.58. The number of rotatable bonds is 7. The quantitative estimate of drug-likeness (QED) is 0.552. The average Bonchev–Trinajstić information content (AvgIpc) is 3.26. The monoisotopic (exact) mass is 436 g/mol. The fourth-order valence-corrected chi connectivity index (χ4v) is 4.94. The Kier molecular flexibility index (Phi) is 6.61. The van der Waals surface area contributed by atoms with Gasteiger partial charge in [-0.2, -0.15) is 0 Å². The Balaban J connectivity index is 1.58. The Morgan fingerprint density at radius 2 is 1.77 bits per heavy atom. The molecule has 6 nitrogen and oxygen atoms in total. The molecule has 1 heterocycles. The van der Waals surface area contributed by atoms with Crippen molar-refractivity contribution in [3.8, 4) is 11.4 Å². The van der Waals surface area contributed by atoms with Crippen LogP contribution in [0.1, 0.15) is 43.5 Å². The third kappa shape index (κ3) is 4.32. The maximum absolute atomic E-state index is 13.5. The number of hydrogen-bond acceptors (Lipinski definition) is 5. The van der Waals surface area contributed by atoms with Crippen molar-refractivity contribution in [3.63, 3.8) is 0 Å². The first-order valence-corrected chi connectivity index (χ1v) is 11.9. The van der Waals surface area contributed by atoms with E-state index in [1.54, 1.807) is 7.11 Å². The van der Waals surface area contributed by atoms with Gasteiger partial charge in [0.05, 0.1) is 19.1 Å². The van der Waals surface area contributed by atoms with Crippen molar-refractivity contribution in [3.05, 3.63) is 66.0 Å². The van der Waals surface area contributed by atoms with Gasteiger partial charge in [-0.15, -0.1) is 10.2 Å². The second-order valence-electron chi connectivity index (χ2n) is 7.83. The first kappa shape index (κ1) is 21.4. The summed E-state index contributed by atoms with van der Waals surface area (Å²) in [6.07, 6.45) is 7.06. The zero-order valence-corrected chi connectivity index (χ0v) is 18.8. The molecule has 0 radical (unpaired) electrons. The van der Waals surface area contributed by atoms with Crippen molar-refractivity contribution in [1.82, 2.24) is 20.1 Å². The smallest absolute Gasteiger partial charge is 0.231 e. The Hall–Kier alpha value is -2.80. The molecule has 162 valence electrons. The highest BCUT2D eigenvalue weighted by atomic mass is 32.2. The highest BCUT2D eigenvalue weighted by Crippen LogP contribution is 2.39. The summed E-state index contributed by atoms with van der Waals surface area (Å²) >= 11 is 1.52. The van der Waals surface area contributed by atoms with Crippen LogP contribution in [-0.2, 0) is 16.8 Å². The summed E-state index contributed by atoms with van der Waals surface area (Å²) in [4.78, 5) is 13.5. The molecule has 1 aromatic heterocycles. The van der Waals surface area contributed by atoms with E-state index >= 15 is 0 Å². The normalized spacial score (nSPS) is 15.4. The number of methoxy groups -OCH3 is 1. The van der Waals surface area contributed by atoms with Gasteiger partial charge in [-0.05, 0) is 48.9 Å². The lowest BCUT2D eigenvalue weighted by Gasteiger charge is -2.36. The van der Waals surface area contributed by atoms with Crippen molar-refractivity contribution in [2.45, 2.75) is 49.2 Å². The number of nitrogens with zero attached hydrogens (tertiary/aromatic N) is 3. The van der Waals surface area contributed by atoms with Gasteiger partial charge >= 0.3 is 0 Å². The molecule has 0 aliphatic heterocycles. The lowest BCUT2D eigenvalue weighted by molar-refractivity contribution is -0.128. The maximum Gasteiger partial charge on any atom is 0.231 e. The molecular weight excluding hydrogens is 408 g/mol. The van der Waals surface area contributed by atoms with Crippen LogP contribution >= 0.6 is 11.8 Å². The molecule has 31 heavy (non-hydrogen) atoms. The molecule has 1 saturated carbocycles. The van der Waals surface area contributed by atoms with E-state index < -0.39 is 5.41 Å². The predicted octanol–water partition coefficient (Wildman–Crippen LogP) is 4.52. The second kappa shape index (κ2) is 9.56. The zero-order chi connectivity index (χ0) is 21.7. The van der Waals surface area contributed by atoms with E-state index in [2.05, 4.69) is 27.6 Å². The van der Waals surface area contributed by atoms with E-state index in [0.717, 1.165) is 47.8 Å². The standard InChI is InChI=1S/C24H28N4O2S/c1-30-20-13-11-19(12-14-20)28-21(26-27-23(28)31-2)17-25-22(29)24(15-7-4-8-16-24)18-9-5-3-6-10-18/h3,5-6,9-14H,4,7-8,15-17H2,1-2H3,(H,25,29). The van der Waals surface area contributed by atoms with Crippen molar-refractivity contribution >= 4 is 17.7 Å². The van der Waals surface area contributed by atoms with E-state index in [-0.39, 0.29) is 5.91 Å². The Morgan fingerprint density at radius 1 is 1.06 bits per heavy atom. The van der Waals surface area contributed by atoms with E-state index in [9.17, 15) is 4.79 Å². The van der Waals surface area contributed by atoms with Crippen LogP contribution in [-0.4, -0.2) is 34.0 Å². The minimum Gasteiger partial charge on any atom is -0.497 e. The molecule has 2 aromatic carbocycles. The first-order valence-electron chi connectivity index (χ1n) is 10.6. The molecular formula is C24H28N4O2S. The molecule has 7 heteroatoms. The minimum atomic E-state index is -0.465. The van der Waals surface area contributed by atoms with Crippen molar-refractivity contribution in [2.24, 2.45) is 0 Å². The van der Waals surface area contributed by atoms with Crippen LogP contribution in [0.2, 0.25) is 0 Å². The van der Waals surface area contributed by atoms with Gasteiger partial charge in [-0.1, -0.05) is 61.4 Å². The maximum atomic E-state index is 13.5. The number of nitrogens with one attached hydrogen (secondary N) is 1. The van der Waals surface area contributed by atoms with E-state index in [4.69, 9.17) is 4.74 Å². The number of hydrogen-bond donors (Lipinski definition) is 1. The molecule has 1 aliphatic carbocycles. The van der Waals surface area contributed by atoms with Gasteiger partial charge in [0.2, 0.25) is 5.91 Å².